The maximum absolute atomic E-state index is 13.7. The Kier molecular flexibility index (Phi) is 5.24. The molecule has 5 nitrogen and oxygen atoms in total. The fourth-order valence-electron chi connectivity index (χ4n) is 2.55. The van der Waals surface area contributed by atoms with Crippen LogP contribution in [0.3, 0.4) is 0 Å². The third-order valence-electron chi connectivity index (χ3n) is 4.29. The van der Waals surface area contributed by atoms with E-state index in [1.807, 2.05) is 0 Å². The minimum absolute atomic E-state index is 0.187. The van der Waals surface area contributed by atoms with Gasteiger partial charge in [0.1, 0.15) is 0 Å². The molecule has 2 amide bonds. The molecule has 2 rings (SSSR count). The van der Waals surface area contributed by atoms with Crippen molar-refractivity contribution in [2.24, 2.45) is 0 Å². The van der Waals surface area contributed by atoms with Crippen LogP contribution >= 0.6 is 0 Å². The van der Waals surface area contributed by atoms with Gasteiger partial charge in [0.15, 0.2) is 11.6 Å². The number of carbonyl (C=O) groups excluding carboxylic acids is 1. The van der Waals surface area contributed by atoms with Crippen molar-refractivity contribution in [1.82, 2.24) is 10.6 Å². The molecule has 1 aliphatic rings. The summed E-state index contributed by atoms with van der Waals surface area (Å²) < 4.78 is 24.0. The van der Waals surface area contributed by atoms with Crippen molar-refractivity contribution in [1.29, 1.82) is 0 Å². The average molecular weight is 310 g/mol. The van der Waals surface area contributed by atoms with Crippen molar-refractivity contribution in [3.63, 3.8) is 0 Å². The molecule has 0 aliphatic heterocycles. The molecule has 1 saturated carbocycles. The number of halogens is 1. The highest BCUT2D eigenvalue weighted by Gasteiger charge is 2.37. The van der Waals surface area contributed by atoms with Crippen LogP contribution in [0, 0.1) is 5.82 Å². The minimum Gasteiger partial charge on any atom is -0.494 e. The van der Waals surface area contributed by atoms with Crippen molar-refractivity contribution in [3.8, 4) is 5.75 Å². The molecule has 1 fully saturated rings. The highest BCUT2D eigenvalue weighted by Crippen LogP contribution is 2.34. The summed E-state index contributed by atoms with van der Waals surface area (Å²) in [5.74, 6) is -0.255. The number of hydrogen-bond acceptors (Lipinski definition) is 3. The quantitative estimate of drug-likeness (QED) is 0.849. The second-order valence-corrected chi connectivity index (χ2v) is 5.68. The van der Waals surface area contributed by atoms with Gasteiger partial charge < -0.3 is 20.1 Å². The maximum Gasteiger partial charge on any atom is 0.315 e. The summed E-state index contributed by atoms with van der Waals surface area (Å²) in [5, 5.41) is 5.61. The van der Waals surface area contributed by atoms with Crippen LogP contribution in [-0.4, -0.2) is 32.4 Å². The maximum atomic E-state index is 13.7. The molecule has 1 atom stereocenters. The third kappa shape index (κ3) is 3.68. The van der Waals surface area contributed by atoms with Gasteiger partial charge in [-0.2, -0.15) is 0 Å². The van der Waals surface area contributed by atoms with E-state index in [0.717, 1.165) is 19.3 Å². The molecule has 22 heavy (non-hydrogen) atoms. The number of urea groups is 1. The van der Waals surface area contributed by atoms with E-state index in [4.69, 9.17) is 9.47 Å². The van der Waals surface area contributed by atoms with Crippen LogP contribution in [0.2, 0.25) is 0 Å². The molecule has 0 spiro atoms. The van der Waals surface area contributed by atoms with Crippen LogP contribution < -0.4 is 15.4 Å². The first-order chi connectivity index (χ1) is 10.5. The summed E-state index contributed by atoms with van der Waals surface area (Å²) in [6.07, 6.45) is 3.05. The summed E-state index contributed by atoms with van der Waals surface area (Å²) in [6, 6.07) is 4.06. The van der Waals surface area contributed by atoms with E-state index in [9.17, 15) is 9.18 Å². The van der Waals surface area contributed by atoms with E-state index in [-0.39, 0.29) is 23.4 Å². The van der Waals surface area contributed by atoms with E-state index >= 15 is 0 Å². The number of methoxy groups -OCH3 is 2. The largest absolute Gasteiger partial charge is 0.494 e. The van der Waals surface area contributed by atoms with E-state index in [1.54, 1.807) is 26.2 Å². The topological polar surface area (TPSA) is 59.6 Å². The smallest absolute Gasteiger partial charge is 0.315 e. The molecular weight excluding hydrogens is 287 g/mol. The second-order valence-electron chi connectivity index (χ2n) is 5.68. The average Bonchev–Trinajstić information content (AvgIpc) is 2.46. The molecule has 0 aromatic heterocycles. The zero-order valence-corrected chi connectivity index (χ0v) is 13.2. The first-order valence-corrected chi connectivity index (χ1v) is 7.42. The van der Waals surface area contributed by atoms with Gasteiger partial charge in [0.05, 0.1) is 18.8 Å². The van der Waals surface area contributed by atoms with E-state index < -0.39 is 5.82 Å². The zero-order valence-electron chi connectivity index (χ0n) is 13.2. The highest BCUT2D eigenvalue weighted by atomic mass is 19.1. The Labute approximate surface area is 130 Å². The SMILES string of the molecule is COc1ccc(C(C)NC(=O)NCC2(OC)CCC2)cc1F. The summed E-state index contributed by atoms with van der Waals surface area (Å²) in [7, 11) is 3.08. The van der Waals surface area contributed by atoms with Crippen LogP contribution in [-0.2, 0) is 4.74 Å². The first-order valence-electron chi connectivity index (χ1n) is 7.42. The number of carbonyl (C=O) groups is 1. The first kappa shape index (κ1) is 16.5. The van der Waals surface area contributed by atoms with Crippen LogP contribution in [0.1, 0.15) is 37.8 Å². The zero-order chi connectivity index (χ0) is 16.2. The highest BCUT2D eigenvalue weighted by molar-refractivity contribution is 5.74. The minimum atomic E-state index is -0.443. The Hall–Kier alpha value is -1.82. The van der Waals surface area contributed by atoms with Crippen LogP contribution in [0.15, 0.2) is 18.2 Å². The monoisotopic (exact) mass is 310 g/mol. The number of ether oxygens (including phenoxy) is 2. The van der Waals surface area contributed by atoms with Gasteiger partial charge in [-0.05, 0) is 43.9 Å². The Morgan fingerprint density at radius 2 is 2.14 bits per heavy atom. The molecule has 1 unspecified atom stereocenters. The lowest BCUT2D eigenvalue weighted by Crippen LogP contribution is -2.51. The molecule has 2 N–H and O–H groups in total. The molecular formula is C16H23FN2O3. The molecule has 0 saturated heterocycles. The van der Waals surface area contributed by atoms with Crippen LogP contribution in [0.25, 0.3) is 0 Å². The molecule has 6 heteroatoms. The number of hydrogen-bond donors (Lipinski definition) is 2. The summed E-state index contributed by atoms with van der Waals surface area (Å²) in [6.45, 7) is 2.29. The van der Waals surface area contributed by atoms with E-state index in [2.05, 4.69) is 10.6 Å². The summed E-state index contributed by atoms with van der Waals surface area (Å²) in [4.78, 5) is 11.9. The molecule has 0 heterocycles. The summed E-state index contributed by atoms with van der Waals surface area (Å²) >= 11 is 0. The lowest BCUT2D eigenvalue weighted by atomic mass is 9.80. The van der Waals surface area contributed by atoms with Gasteiger partial charge in [-0.25, -0.2) is 9.18 Å². The van der Waals surface area contributed by atoms with Crippen LogP contribution in [0.5, 0.6) is 5.75 Å². The van der Waals surface area contributed by atoms with Gasteiger partial charge in [0.25, 0.3) is 0 Å². The molecule has 0 radical (unpaired) electrons. The predicted octanol–water partition coefficient (Wildman–Crippen LogP) is 2.76. The van der Waals surface area contributed by atoms with Crippen molar-refractivity contribution < 1.29 is 18.7 Å². The number of rotatable bonds is 6. The standard InChI is InChI=1S/C16H23FN2O3/c1-11(12-5-6-14(21-2)13(17)9-12)19-15(20)18-10-16(22-3)7-4-8-16/h5-6,9,11H,4,7-8,10H2,1-3H3,(H2,18,19,20). The molecule has 1 aromatic carbocycles. The van der Waals surface area contributed by atoms with Gasteiger partial charge in [0.2, 0.25) is 0 Å². The van der Waals surface area contributed by atoms with E-state index in [0.29, 0.717) is 12.1 Å². The number of amides is 2. The molecule has 1 aromatic rings. The second kappa shape index (κ2) is 6.96. The Balaban J connectivity index is 1.87. The van der Waals surface area contributed by atoms with Gasteiger partial charge in [-0.3, -0.25) is 0 Å². The van der Waals surface area contributed by atoms with Crippen molar-refractivity contribution in [2.45, 2.75) is 37.8 Å². The van der Waals surface area contributed by atoms with Gasteiger partial charge >= 0.3 is 6.03 Å². The van der Waals surface area contributed by atoms with Crippen molar-refractivity contribution >= 4 is 6.03 Å². The molecule has 122 valence electrons. The van der Waals surface area contributed by atoms with Gasteiger partial charge in [0, 0.05) is 13.7 Å². The summed E-state index contributed by atoms with van der Waals surface area (Å²) in [5.41, 5.74) is 0.464. The third-order valence-corrected chi connectivity index (χ3v) is 4.29. The van der Waals surface area contributed by atoms with Gasteiger partial charge in [-0.15, -0.1) is 0 Å². The number of nitrogens with one attached hydrogen (secondary N) is 2. The normalized spacial score (nSPS) is 17.3. The molecule has 0 bridgehead atoms. The number of benzene rings is 1. The predicted molar refractivity (Wildman–Crippen MR) is 81.5 cm³/mol. The van der Waals surface area contributed by atoms with Crippen LogP contribution in [0.4, 0.5) is 9.18 Å². The molecule has 1 aliphatic carbocycles. The van der Waals surface area contributed by atoms with Gasteiger partial charge in [-0.1, -0.05) is 6.07 Å². The Morgan fingerprint density at radius 3 is 2.64 bits per heavy atom. The lowest BCUT2D eigenvalue weighted by molar-refractivity contribution is -0.0674. The van der Waals surface area contributed by atoms with Crippen molar-refractivity contribution in [3.05, 3.63) is 29.6 Å². The lowest BCUT2D eigenvalue weighted by Gasteiger charge is -2.40. The Bertz CT molecular complexity index is 527. The Morgan fingerprint density at radius 1 is 1.41 bits per heavy atom. The van der Waals surface area contributed by atoms with E-state index in [1.165, 1.54) is 13.2 Å². The fourth-order valence-corrected chi connectivity index (χ4v) is 2.55. The fraction of sp³-hybridized carbons (Fsp3) is 0.562. The van der Waals surface area contributed by atoms with Crippen molar-refractivity contribution in [2.75, 3.05) is 20.8 Å².